The van der Waals surface area contributed by atoms with Crippen molar-refractivity contribution in [1.29, 1.82) is 0 Å². The van der Waals surface area contributed by atoms with Gasteiger partial charge in [-0.15, -0.1) is 0 Å². The van der Waals surface area contributed by atoms with Crippen LogP contribution in [-0.2, 0) is 16.1 Å². The summed E-state index contributed by atoms with van der Waals surface area (Å²) in [6, 6.07) is 9.31. The molecular formula is C14H15N3O4S. The molecule has 0 saturated carbocycles. The molecule has 2 rings (SSSR count). The largest absolute Gasteiger partial charge is 0.460 e. The Kier molecular flexibility index (Phi) is 5.54. The third-order valence-corrected chi connectivity index (χ3v) is 4.10. The molecule has 0 radical (unpaired) electrons. The molecule has 0 saturated heterocycles. The molecule has 2 N–H and O–H groups in total. The van der Waals surface area contributed by atoms with Crippen LogP contribution in [0.25, 0.3) is 0 Å². The lowest BCUT2D eigenvalue weighted by molar-refractivity contribution is -0.144. The Morgan fingerprint density at radius 2 is 2.05 bits per heavy atom. The molecule has 0 aliphatic carbocycles. The molecule has 1 aromatic heterocycles. The van der Waals surface area contributed by atoms with Gasteiger partial charge in [-0.1, -0.05) is 49.0 Å². The average molecular weight is 321 g/mol. The molecule has 0 spiro atoms. The Labute approximate surface area is 130 Å². The van der Waals surface area contributed by atoms with Crippen molar-refractivity contribution in [3.05, 3.63) is 56.7 Å². The van der Waals surface area contributed by atoms with Crippen LogP contribution in [0, 0.1) is 0 Å². The zero-order valence-corrected chi connectivity index (χ0v) is 12.7. The summed E-state index contributed by atoms with van der Waals surface area (Å²) >= 11 is 0.968. The summed E-state index contributed by atoms with van der Waals surface area (Å²) in [6.07, 6.45) is 0.471. The first-order valence-corrected chi connectivity index (χ1v) is 7.54. The van der Waals surface area contributed by atoms with Crippen molar-refractivity contribution in [1.82, 2.24) is 15.2 Å². The molecule has 0 bridgehead atoms. The van der Waals surface area contributed by atoms with Crippen LogP contribution >= 0.6 is 11.8 Å². The standard InChI is InChI=1S/C14H15N3O4S/c1-2-10(22-12-11(18)15-14(20)17-16-12)13(19)21-8-9-6-4-3-5-7-9/h3-7,10H,2,8H2,1H3,(H2,15,17,18,20)/t10-/m0/s1. The van der Waals surface area contributed by atoms with Crippen LogP contribution in [0.15, 0.2) is 44.9 Å². The normalized spacial score (nSPS) is 11.9. The summed E-state index contributed by atoms with van der Waals surface area (Å²) in [6.45, 7) is 1.98. The van der Waals surface area contributed by atoms with Crippen LogP contribution in [0.3, 0.4) is 0 Å². The highest BCUT2D eigenvalue weighted by Gasteiger charge is 2.22. The molecule has 116 valence electrons. The van der Waals surface area contributed by atoms with E-state index in [2.05, 4.69) is 15.2 Å². The summed E-state index contributed by atoms with van der Waals surface area (Å²) in [7, 11) is 0. The van der Waals surface area contributed by atoms with Crippen molar-refractivity contribution >= 4 is 17.7 Å². The zero-order chi connectivity index (χ0) is 15.9. The van der Waals surface area contributed by atoms with E-state index >= 15 is 0 Å². The highest BCUT2D eigenvalue weighted by molar-refractivity contribution is 8.00. The number of hydrogen-bond donors (Lipinski definition) is 2. The third kappa shape index (κ3) is 4.32. The summed E-state index contributed by atoms with van der Waals surface area (Å²) in [5.74, 6) is -0.427. The maximum Gasteiger partial charge on any atom is 0.342 e. The maximum atomic E-state index is 12.1. The second-order valence-electron chi connectivity index (χ2n) is 4.42. The molecule has 8 heteroatoms. The predicted molar refractivity (Wildman–Crippen MR) is 81.7 cm³/mol. The number of benzene rings is 1. The van der Waals surface area contributed by atoms with Crippen molar-refractivity contribution in [2.45, 2.75) is 30.2 Å². The first kappa shape index (κ1) is 16.0. The van der Waals surface area contributed by atoms with Crippen molar-refractivity contribution in [2.24, 2.45) is 0 Å². The number of hydrogen-bond acceptors (Lipinski definition) is 6. The maximum absolute atomic E-state index is 12.1. The van der Waals surface area contributed by atoms with E-state index in [1.165, 1.54) is 0 Å². The van der Waals surface area contributed by atoms with E-state index in [9.17, 15) is 14.4 Å². The van der Waals surface area contributed by atoms with Gasteiger partial charge < -0.3 is 4.74 Å². The summed E-state index contributed by atoms with van der Waals surface area (Å²) in [4.78, 5) is 36.6. The Hall–Kier alpha value is -2.35. The summed E-state index contributed by atoms with van der Waals surface area (Å²) in [5.41, 5.74) is -0.423. The second-order valence-corrected chi connectivity index (χ2v) is 5.61. The Balaban J connectivity index is 2.00. The van der Waals surface area contributed by atoms with Crippen LogP contribution in [0.2, 0.25) is 0 Å². The Morgan fingerprint density at radius 3 is 2.68 bits per heavy atom. The van der Waals surface area contributed by atoms with Gasteiger partial charge >= 0.3 is 11.7 Å². The molecule has 22 heavy (non-hydrogen) atoms. The minimum absolute atomic E-state index is 0.0307. The molecule has 0 aliphatic heterocycles. The highest BCUT2D eigenvalue weighted by Crippen LogP contribution is 2.21. The highest BCUT2D eigenvalue weighted by atomic mass is 32.2. The molecular weight excluding hydrogens is 306 g/mol. The molecule has 0 unspecified atom stereocenters. The minimum atomic E-state index is -0.686. The lowest BCUT2D eigenvalue weighted by atomic mass is 10.2. The smallest absolute Gasteiger partial charge is 0.342 e. The van der Waals surface area contributed by atoms with Crippen LogP contribution in [0.5, 0.6) is 0 Å². The number of carbonyl (C=O) groups is 1. The van der Waals surface area contributed by atoms with Gasteiger partial charge in [0.1, 0.15) is 11.9 Å². The molecule has 1 atom stereocenters. The number of aromatic amines is 2. The topological polar surface area (TPSA) is 105 Å². The van der Waals surface area contributed by atoms with Crippen LogP contribution in [-0.4, -0.2) is 26.4 Å². The number of nitrogens with one attached hydrogen (secondary N) is 2. The molecule has 1 aromatic carbocycles. The molecule has 0 aliphatic rings. The quantitative estimate of drug-likeness (QED) is 0.609. The monoisotopic (exact) mass is 321 g/mol. The van der Waals surface area contributed by atoms with Crippen molar-refractivity contribution in [3.8, 4) is 0 Å². The van der Waals surface area contributed by atoms with Crippen molar-refractivity contribution < 1.29 is 9.53 Å². The van der Waals surface area contributed by atoms with E-state index in [0.29, 0.717) is 6.42 Å². The lowest BCUT2D eigenvalue weighted by Crippen LogP contribution is -2.27. The fourth-order valence-corrected chi connectivity index (χ4v) is 2.53. The zero-order valence-electron chi connectivity index (χ0n) is 11.9. The number of ether oxygens (including phenoxy) is 1. The van der Waals surface area contributed by atoms with Gasteiger partial charge in [0.15, 0.2) is 5.03 Å². The van der Waals surface area contributed by atoms with Crippen molar-refractivity contribution in [2.75, 3.05) is 0 Å². The third-order valence-electron chi connectivity index (χ3n) is 2.79. The minimum Gasteiger partial charge on any atom is -0.460 e. The fraction of sp³-hybridized carbons (Fsp3) is 0.286. The van der Waals surface area contributed by atoms with Gasteiger partial charge in [0.05, 0.1) is 0 Å². The van der Waals surface area contributed by atoms with E-state index < -0.39 is 22.5 Å². The Morgan fingerprint density at radius 1 is 1.32 bits per heavy atom. The van der Waals surface area contributed by atoms with Crippen molar-refractivity contribution in [3.63, 3.8) is 0 Å². The van der Waals surface area contributed by atoms with E-state index in [-0.39, 0.29) is 11.6 Å². The van der Waals surface area contributed by atoms with E-state index in [4.69, 9.17) is 4.74 Å². The number of thioether (sulfide) groups is 1. The van der Waals surface area contributed by atoms with Crippen LogP contribution in [0.1, 0.15) is 18.9 Å². The molecule has 1 heterocycles. The van der Waals surface area contributed by atoms with Gasteiger partial charge in [0.25, 0.3) is 5.56 Å². The predicted octanol–water partition coefficient (Wildman–Crippen LogP) is 1.07. The molecule has 2 aromatic rings. The van der Waals surface area contributed by atoms with Gasteiger partial charge in [-0.2, -0.15) is 5.10 Å². The number of aromatic nitrogens is 3. The van der Waals surface area contributed by atoms with E-state index in [0.717, 1.165) is 17.3 Å². The number of H-pyrrole nitrogens is 2. The number of esters is 1. The van der Waals surface area contributed by atoms with Gasteiger partial charge in [0, 0.05) is 0 Å². The van der Waals surface area contributed by atoms with Gasteiger partial charge in [-0.05, 0) is 12.0 Å². The van der Waals surface area contributed by atoms with Crippen LogP contribution < -0.4 is 11.2 Å². The summed E-state index contributed by atoms with van der Waals surface area (Å²) in [5, 5.41) is 5.24. The first-order valence-electron chi connectivity index (χ1n) is 6.66. The van der Waals surface area contributed by atoms with Gasteiger partial charge in [-0.3, -0.25) is 14.6 Å². The Bertz CT molecular complexity index is 741. The SMILES string of the molecule is CC[C@H](Sc1n[nH]c(=O)[nH]c1=O)C(=O)OCc1ccccc1. The lowest BCUT2D eigenvalue weighted by Gasteiger charge is -2.12. The summed E-state index contributed by atoms with van der Waals surface area (Å²) < 4.78 is 5.25. The van der Waals surface area contributed by atoms with Gasteiger partial charge in [0.2, 0.25) is 0 Å². The fourth-order valence-electron chi connectivity index (χ4n) is 1.67. The van der Waals surface area contributed by atoms with E-state index in [1.54, 1.807) is 6.92 Å². The van der Waals surface area contributed by atoms with Gasteiger partial charge in [-0.25, -0.2) is 9.89 Å². The molecule has 0 amide bonds. The van der Waals surface area contributed by atoms with Crippen LogP contribution in [0.4, 0.5) is 0 Å². The first-order chi connectivity index (χ1) is 10.6. The average Bonchev–Trinajstić information content (AvgIpc) is 2.53. The number of nitrogens with zero attached hydrogens (tertiary/aromatic N) is 1. The number of carbonyl (C=O) groups excluding carboxylic acids is 1. The molecule has 0 fully saturated rings. The second kappa shape index (κ2) is 7.60. The van der Waals surface area contributed by atoms with E-state index in [1.807, 2.05) is 30.3 Å². The number of rotatable bonds is 6. The molecule has 7 nitrogen and oxygen atoms in total.